The van der Waals surface area contributed by atoms with Gasteiger partial charge in [0, 0.05) is 7.05 Å². The molecule has 5 heteroatoms. The van der Waals surface area contributed by atoms with Crippen molar-refractivity contribution < 1.29 is 4.79 Å². The molecule has 0 aliphatic heterocycles. The number of nitrogens with one attached hydrogen (secondary N) is 1. The summed E-state index contributed by atoms with van der Waals surface area (Å²) < 4.78 is 0. The average molecular weight is 198 g/mol. The lowest BCUT2D eigenvalue weighted by molar-refractivity contribution is 0.0959. The molecular weight excluding hydrogens is 190 g/mol. The first-order chi connectivity index (χ1) is 6.19. The van der Waals surface area contributed by atoms with E-state index in [1.54, 1.807) is 12.1 Å². The first kappa shape index (κ1) is 9.67. The molecule has 68 valence electrons. The summed E-state index contributed by atoms with van der Waals surface area (Å²) in [7, 11) is 1.51. The van der Waals surface area contributed by atoms with Crippen LogP contribution in [0.1, 0.15) is 10.5 Å². The first-order valence-electron chi connectivity index (χ1n) is 3.54. The van der Waals surface area contributed by atoms with Crippen molar-refractivity contribution in [3.8, 4) is 0 Å². The number of pyridine rings is 1. The lowest BCUT2D eigenvalue weighted by atomic mass is 10.3. The maximum Gasteiger partial charge on any atom is 0.271 e. The van der Waals surface area contributed by atoms with Crippen LogP contribution in [0.5, 0.6) is 0 Å². The van der Waals surface area contributed by atoms with Crippen molar-refractivity contribution in [3.05, 3.63) is 23.0 Å². The van der Waals surface area contributed by atoms with Gasteiger partial charge in [-0.3, -0.25) is 9.79 Å². The Kier molecular flexibility index (Phi) is 2.97. The fraction of sp³-hybridized carbons (Fsp3) is 0.125. The molecule has 1 aromatic rings. The molecule has 0 atom stereocenters. The number of halogens is 1. The average Bonchev–Trinajstić information content (AvgIpc) is 2.16. The van der Waals surface area contributed by atoms with Crippen molar-refractivity contribution in [1.29, 1.82) is 0 Å². The van der Waals surface area contributed by atoms with Gasteiger partial charge >= 0.3 is 0 Å². The number of rotatable bonds is 2. The van der Waals surface area contributed by atoms with Crippen molar-refractivity contribution in [3.63, 3.8) is 0 Å². The minimum absolute atomic E-state index is 0.185. The summed E-state index contributed by atoms with van der Waals surface area (Å²) in [5, 5.41) is 2.69. The molecule has 0 spiro atoms. The number of carbonyl (C=O) groups is 1. The van der Waals surface area contributed by atoms with Crippen LogP contribution in [0.3, 0.4) is 0 Å². The van der Waals surface area contributed by atoms with Crippen molar-refractivity contribution in [2.24, 2.45) is 4.99 Å². The third-order valence-corrected chi connectivity index (χ3v) is 1.66. The van der Waals surface area contributed by atoms with Gasteiger partial charge in [-0.15, -0.1) is 0 Å². The largest absolute Gasteiger partial charge is 0.354 e. The van der Waals surface area contributed by atoms with E-state index in [0.717, 1.165) is 0 Å². The van der Waals surface area contributed by atoms with Crippen LogP contribution in [-0.4, -0.2) is 24.7 Å². The quantitative estimate of drug-likeness (QED) is 0.576. The Hall–Kier alpha value is -1.42. The summed E-state index contributed by atoms with van der Waals surface area (Å²) in [6.45, 7) is 3.32. The lowest BCUT2D eigenvalue weighted by Gasteiger charge is -2.02. The summed E-state index contributed by atoms with van der Waals surface area (Å²) in [6.07, 6.45) is 0. The Balaban J connectivity index is 3.23. The van der Waals surface area contributed by atoms with Crippen molar-refractivity contribution in [2.45, 2.75) is 0 Å². The Morgan fingerprint density at radius 1 is 1.69 bits per heavy atom. The van der Waals surface area contributed by atoms with Gasteiger partial charge in [0.2, 0.25) is 0 Å². The highest BCUT2D eigenvalue weighted by molar-refractivity contribution is 6.29. The van der Waals surface area contributed by atoms with Crippen molar-refractivity contribution in [2.75, 3.05) is 7.05 Å². The Morgan fingerprint density at radius 2 is 2.38 bits per heavy atom. The molecule has 0 fully saturated rings. The Bertz CT molecular complexity index is 351. The molecular formula is C8H8ClN3O. The van der Waals surface area contributed by atoms with Gasteiger partial charge in [0.05, 0.1) is 5.69 Å². The van der Waals surface area contributed by atoms with E-state index < -0.39 is 0 Å². The second kappa shape index (κ2) is 4.00. The molecule has 1 N–H and O–H groups in total. The number of aromatic nitrogens is 1. The van der Waals surface area contributed by atoms with E-state index in [2.05, 4.69) is 22.0 Å². The van der Waals surface area contributed by atoms with E-state index in [-0.39, 0.29) is 16.8 Å². The van der Waals surface area contributed by atoms with Gasteiger partial charge in [-0.2, -0.15) is 0 Å². The maximum absolute atomic E-state index is 11.2. The van der Waals surface area contributed by atoms with Crippen molar-refractivity contribution in [1.82, 2.24) is 10.3 Å². The molecule has 0 aliphatic rings. The molecule has 0 saturated heterocycles. The molecule has 1 rings (SSSR count). The molecule has 0 radical (unpaired) electrons. The molecule has 0 bridgehead atoms. The molecule has 0 aromatic carbocycles. The topological polar surface area (TPSA) is 54.4 Å². The van der Waals surface area contributed by atoms with Crippen LogP contribution >= 0.6 is 11.6 Å². The third kappa shape index (κ3) is 2.03. The molecule has 0 saturated carbocycles. The van der Waals surface area contributed by atoms with Crippen LogP contribution in [0.2, 0.25) is 5.15 Å². The normalized spacial score (nSPS) is 9.38. The summed E-state index contributed by atoms with van der Waals surface area (Å²) in [5.41, 5.74) is 0.605. The van der Waals surface area contributed by atoms with Crippen molar-refractivity contribution >= 4 is 29.9 Å². The Morgan fingerprint density at radius 3 is 2.92 bits per heavy atom. The van der Waals surface area contributed by atoms with Crippen LogP contribution in [0.15, 0.2) is 17.1 Å². The fourth-order valence-corrected chi connectivity index (χ4v) is 0.989. The second-order valence-electron chi connectivity index (χ2n) is 2.24. The zero-order valence-corrected chi connectivity index (χ0v) is 7.80. The van der Waals surface area contributed by atoms with E-state index in [4.69, 9.17) is 11.6 Å². The van der Waals surface area contributed by atoms with E-state index >= 15 is 0 Å². The van der Waals surface area contributed by atoms with Gasteiger partial charge in [-0.25, -0.2) is 4.98 Å². The van der Waals surface area contributed by atoms with Crippen LogP contribution < -0.4 is 5.32 Å². The predicted octanol–water partition coefficient (Wildman–Crippen LogP) is 1.43. The van der Waals surface area contributed by atoms with E-state index in [1.165, 1.54) is 7.05 Å². The zero-order chi connectivity index (χ0) is 9.84. The minimum Gasteiger partial charge on any atom is -0.354 e. The maximum atomic E-state index is 11.2. The van der Waals surface area contributed by atoms with Crippen LogP contribution in [0.25, 0.3) is 0 Å². The fourth-order valence-electron chi connectivity index (χ4n) is 0.841. The number of aliphatic imine (C=N–C) groups is 1. The summed E-state index contributed by atoms with van der Waals surface area (Å²) in [4.78, 5) is 18.7. The highest BCUT2D eigenvalue weighted by Crippen LogP contribution is 2.18. The van der Waals surface area contributed by atoms with E-state index in [1.807, 2.05) is 0 Å². The van der Waals surface area contributed by atoms with Gasteiger partial charge in [-0.05, 0) is 18.9 Å². The van der Waals surface area contributed by atoms with Gasteiger partial charge in [0.15, 0.2) is 5.69 Å². The predicted molar refractivity (Wildman–Crippen MR) is 51.8 cm³/mol. The standard InChI is InChI=1S/C8H8ClN3O/c1-10-5-3-4-6(9)12-7(5)8(13)11-2/h3-4H,1H2,2H3,(H,11,13). The minimum atomic E-state index is -0.329. The molecule has 1 heterocycles. The summed E-state index contributed by atoms with van der Waals surface area (Å²) in [6, 6.07) is 3.14. The molecule has 1 aromatic heterocycles. The number of hydrogen-bond donors (Lipinski definition) is 1. The number of amides is 1. The smallest absolute Gasteiger partial charge is 0.271 e. The molecule has 0 aliphatic carbocycles. The van der Waals surface area contributed by atoms with Crippen LogP contribution in [0.4, 0.5) is 5.69 Å². The Labute approximate surface area is 80.7 Å². The highest BCUT2D eigenvalue weighted by atomic mass is 35.5. The summed E-state index contributed by atoms with van der Waals surface area (Å²) in [5.74, 6) is -0.329. The first-order valence-corrected chi connectivity index (χ1v) is 3.92. The van der Waals surface area contributed by atoms with Gasteiger partial charge in [-0.1, -0.05) is 11.6 Å². The van der Waals surface area contributed by atoms with E-state index in [9.17, 15) is 4.79 Å². The zero-order valence-electron chi connectivity index (χ0n) is 7.04. The van der Waals surface area contributed by atoms with Gasteiger partial charge < -0.3 is 5.32 Å². The number of nitrogens with zero attached hydrogens (tertiary/aromatic N) is 2. The van der Waals surface area contributed by atoms with Crippen LogP contribution in [-0.2, 0) is 0 Å². The second-order valence-corrected chi connectivity index (χ2v) is 2.63. The highest BCUT2D eigenvalue weighted by Gasteiger charge is 2.10. The monoisotopic (exact) mass is 197 g/mol. The van der Waals surface area contributed by atoms with Gasteiger partial charge in [0.1, 0.15) is 5.15 Å². The lowest BCUT2D eigenvalue weighted by Crippen LogP contribution is -2.19. The SMILES string of the molecule is C=Nc1ccc(Cl)nc1C(=O)NC. The van der Waals surface area contributed by atoms with Gasteiger partial charge in [0.25, 0.3) is 5.91 Å². The molecule has 1 amide bonds. The summed E-state index contributed by atoms with van der Waals surface area (Å²) >= 11 is 5.62. The number of hydrogen-bond acceptors (Lipinski definition) is 3. The molecule has 4 nitrogen and oxygen atoms in total. The van der Waals surface area contributed by atoms with Crippen LogP contribution in [0, 0.1) is 0 Å². The van der Waals surface area contributed by atoms with E-state index in [0.29, 0.717) is 5.69 Å². The molecule has 13 heavy (non-hydrogen) atoms. The number of carbonyl (C=O) groups excluding carboxylic acids is 1. The third-order valence-electron chi connectivity index (χ3n) is 1.45. The molecule has 0 unspecified atom stereocenters.